The number of halogens is 1. The number of nitrogens with zero attached hydrogens (tertiary/aromatic N) is 3. The Morgan fingerprint density at radius 1 is 1.38 bits per heavy atom. The van der Waals surface area contributed by atoms with Crippen LogP contribution in [-0.4, -0.2) is 52.6 Å². The van der Waals surface area contributed by atoms with Gasteiger partial charge < -0.3 is 19.6 Å². The van der Waals surface area contributed by atoms with Gasteiger partial charge in [0, 0.05) is 30.2 Å². The van der Waals surface area contributed by atoms with Crippen LogP contribution < -0.4 is 0 Å². The zero-order chi connectivity index (χ0) is 17.6. The number of carbonyl (C=O) groups is 1. The highest BCUT2D eigenvalue weighted by molar-refractivity contribution is 9.10. The molecule has 6 nitrogen and oxygen atoms in total. The average molecular weight is 396 g/mol. The molecule has 0 aliphatic carbocycles. The predicted molar refractivity (Wildman–Crippen MR) is 95.3 cm³/mol. The van der Waals surface area contributed by atoms with Crippen LogP contribution in [0.4, 0.5) is 10.5 Å². The summed E-state index contributed by atoms with van der Waals surface area (Å²) in [6.45, 7) is 6.66. The second-order valence-electron chi connectivity index (χ2n) is 7.24. The Morgan fingerprint density at radius 3 is 2.67 bits per heavy atom. The molecule has 1 N–H and O–H groups in total. The van der Waals surface area contributed by atoms with E-state index in [0.717, 1.165) is 21.6 Å². The van der Waals surface area contributed by atoms with Crippen molar-refractivity contribution in [1.29, 1.82) is 0 Å². The lowest BCUT2D eigenvalue weighted by Crippen LogP contribution is -2.57. The van der Waals surface area contributed by atoms with E-state index in [9.17, 15) is 9.90 Å². The van der Waals surface area contributed by atoms with Crippen molar-refractivity contribution in [2.45, 2.75) is 32.6 Å². The molecule has 1 saturated heterocycles. The number of rotatable bonds is 1. The van der Waals surface area contributed by atoms with Gasteiger partial charge in [0.25, 0.3) is 0 Å². The third kappa shape index (κ3) is 3.28. The monoisotopic (exact) mass is 395 g/mol. The van der Waals surface area contributed by atoms with Crippen LogP contribution in [0.15, 0.2) is 27.7 Å². The van der Waals surface area contributed by atoms with Crippen LogP contribution >= 0.6 is 15.9 Å². The molecule has 1 aromatic rings. The summed E-state index contributed by atoms with van der Waals surface area (Å²) in [5.74, 6) is 0.900. The summed E-state index contributed by atoms with van der Waals surface area (Å²) in [5.41, 5.74) is 1.05. The van der Waals surface area contributed by atoms with E-state index in [2.05, 4.69) is 15.9 Å². The molecular formula is C17H22BrN3O3. The summed E-state index contributed by atoms with van der Waals surface area (Å²) in [7, 11) is 1.82. The summed E-state index contributed by atoms with van der Waals surface area (Å²) in [4.78, 5) is 20.2. The minimum atomic E-state index is -0.726. The highest BCUT2D eigenvalue weighted by Crippen LogP contribution is 2.37. The molecule has 2 aliphatic heterocycles. The van der Waals surface area contributed by atoms with Gasteiger partial charge in [-0.2, -0.15) is 0 Å². The van der Waals surface area contributed by atoms with Crippen molar-refractivity contribution < 1.29 is 14.6 Å². The maximum atomic E-state index is 12.1. The third-order valence-corrected chi connectivity index (χ3v) is 4.63. The second-order valence-corrected chi connectivity index (χ2v) is 8.16. The molecule has 2 heterocycles. The fourth-order valence-corrected chi connectivity index (χ4v) is 3.21. The van der Waals surface area contributed by atoms with E-state index >= 15 is 0 Å². The first-order chi connectivity index (χ1) is 11.2. The number of likely N-dealkylation sites (tertiary alicyclic amines) is 1. The minimum Gasteiger partial charge on any atom is -0.444 e. The van der Waals surface area contributed by atoms with Crippen LogP contribution in [0.3, 0.4) is 0 Å². The van der Waals surface area contributed by atoms with Gasteiger partial charge in [-0.15, -0.1) is 0 Å². The maximum absolute atomic E-state index is 12.1. The minimum absolute atomic E-state index is 0.101. The predicted octanol–water partition coefficient (Wildman–Crippen LogP) is 3.28. The van der Waals surface area contributed by atoms with Crippen molar-refractivity contribution in [1.82, 2.24) is 9.80 Å². The number of amides is 1. The Morgan fingerprint density at radius 2 is 2.04 bits per heavy atom. The number of aliphatic hydroxyl groups is 1. The molecule has 1 unspecified atom stereocenters. The maximum Gasteiger partial charge on any atom is 0.410 e. The molecule has 0 bridgehead atoms. The highest BCUT2D eigenvalue weighted by atomic mass is 79.9. The number of carbonyl (C=O) groups excluding carboxylic acids is 1. The molecular weight excluding hydrogens is 374 g/mol. The molecule has 0 spiro atoms. The summed E-state index contributed by atoms with van der Waals surface area (Å²) in [6, 6.07) is 5.66. The Labute approximate surface area is 150 Å². The van der Waals surface area contributed by atoms with Gasteiger partial charge in [-0.3, -0.25) is 0 Å². The van der Waals surface area contributed by atoms with Crippen LogP contribution in [0.5, 0.6) is 0 Å². The number of amidine groups is 1. The van der Waals surface area contributed by atoms with Gasteiger partial charge in [-0.25, -0.2) is 9.79 Å². The Kier molecular flexibility index (Phi) is 4.34. The molecule has 0 saturated carbocycles. The standard InChI is InChI=1S/C17H22BrN3O3/c1-17(2,3)24-16(23)21-8-10(9-21)14-19-13-7-11(18)5-6-12(13)15(22)20(14)4/h5-7,10,15,22H,8-9H2,1-4H3. The molecule has 0 aromatic heterocycles. The number of hydrogen-bond donors (Lipinski definition) is 1. The van der Waals surface area contributed by atoms with E-state index in [-0.39, 0.29) is 12.0 Å². The van der Waals surface area contributed by atoms with Gasteiger partial charge in [0.05, 0.1) is 11.6 Å². The normalized spacial score (nSPS) is 21.1. The molecule has 1 atom stereocenters. The largest absolute Gasteiger partial charge is 0.444 e. The van der Waals surface area contributed by atoms with E-state index in [4.69, 9.17) is 9.73 Å². The highest BCUT2D eigenvalue weighted by Gasteiger charge is 2.40. The van der Waals surface area contributed by atoms with Gasteiger partial charge in [0.1, 0.15) is 11.4 Å². The van der Waals surface area contributed by atoms with Gasteiger partial charge in [0.15, 0.2) is 6.23 Å². The number of aliphatic hydroxyl groups excluding tert-OH is 1. The molecule has 2 aliphatic rings. The Bertz CT molecular complexity index is 693. The summed E-state index contributed by atoms with van der Waals surface area (Å²) in [6.07, 6.45) is -1.03. The first-order valence-corrected chi connectivity index (χ1v) is 8.72. The third-order valence-electron chi connectivity index (χ3n) is 4.13. The summed E-state index contributed by atoms with van der Waals surface area (Å²) >= 11 is 3.44. The number of ether oxygens (including phenoxy) is 1. The van der Waals surface area contributed by atoms with Gasteiger partial charge in [0.2, 0.25) is 0 Å². The van der Waals surface area contributed by atoms with E-state index in [1.165, 1.54) is 0 Å². The lowest BCUT2D eigenvalue weighted by Gasteiger charge is -2.44. The van der Waals surface area contributed by atoms with Crippen molar-refractivity contribution in [3.05, 3.63) is 28.2 Å². The van der Waals surface area contributed by atoms with Crippen molar-refractivity contribution in [2.75, 3.05) is 20.1 Å². The van der Waals surface area contributed by atoms with E-state index in [1.807, 2.05) is 46.0 Å². The van der Waals surface area contributed by atoms with Gasteiger partial charge >= 0.3 is 6.09 Å². The van der Waals surface area contributed by atoms with E-state index in [1.54, 1.807) is 9.80 Å². The molecule has 3 rings (SSSR count). The van der Waals surface area contributed by atoms with Crippen LogP contribution in [0.25, 0.3) is 0 Å². The van der Waals surface area contributed by atoms with Crippen molar-refractivity contribution in [2.24, 2.45) is 10.9 Å². The molecule has 24 heavy (non-hydrogen) atoms. The van der Waals surface area contributed by atoms with E-state index in [0.29, 0.717) is 13.1 Å². The van der Waals surface area contributed by atoms with Gasteiger partial charge in [-0.05, 0) is 32.9 Å². The van der Waals surface area contributed by atoms with Crippen LogP contribution in [0, 0.1) is 5.92 Å². The van der Waals surface area contributed by atoms with Crippen LogP contribution in [-0.2, 0) is 4.74 Å². The lowest BCUT2D eigenvalue weighted by molar-refractivity contribution is 0.00305. The fourth-order valence-electron chi connectivity index (χ4n) is 2.86. The van der Waals surface area contributed by atoms with Crippen molar-refractivity contribution in [3.63, 3.8) is 0 Å². The average Bonchev–Trinajstić information content (AvgIpc) is 2.40. The summed E-state index contributed by atoms with van der Waals surface area (Å²) in [5, 5.41) is 10.5. The van der Waals surface area contributed by atoms with E-state index < -0.39 is 11.8 Å². The molecule has 1 fully saturated rings. The zero-order valence-corrected chi connectivity index (χ0v) is 15.9. The molecule has 1 amide bonds. The molecule has 0 radical (unpaired) electrons. The van der Waals surface area contributed by atoms with Crippen LogP contribution in [0.1, 0.15) is 32.6 Å². The fraction of sp³-hybridized carbons (Fsp3) is 0.529. The number of benzene rings is 1. The Hall–Kier alpha value is -1.60. The smallest absolute Gasteiger partial charge is 0.410 e. The number of fused-ring (bicyclic) bond motifs is 1. The molecule has 130 valence electrons. The Balaban J connectivity index is 1.73. The zero-order valence-electron chi connectivity index (χ0n) is 14.3. The topological polar surface area (TPSA) is 65.4 Å². The molecule has 7 heteroatoms. The number of aliphatic imine (C=N–C) groups is 1. The van der Waals surface area contributed by atoms with Crippen molar-refractivity contribution in [3.8, 4) is 0 Å². The SMILES string of the molecule is CN1C(C2CN(C(=O)OC(C)(C)C)C2)=Nc2cc(Br)ccc2C1O. The van der Waals surface area contributed by atoms with Gasteiger partial charge in [-0.1, -0.05) is 22.0 Å². The van der Waals surface area contributed by atoms with Crippen molar-refractivity contribution >= 4 is 33.5 Å². The first kappa shape index (κ1) is 17.2. The second kappa shape index (κ2) is 6.04. The van der Waals surface area contributed by atoms with Crippen LogP contribution in [0.2, 0.25) is 0 Å². The summed E-state index contributed by atoms with van der Waals surface area (Å²) < 4.78 is 6.30. The lowest BCUT2D eigenvalue weighted by atomic mass is 9.96. The molecule has 1 aromatic carbocycles. The number of hydrogen-bond acceptors (Lipinski definition) is 5. The first-order valence-electron chi connectivity index (χ1n) is 7.92. The quantitative estimate of drug-likeness (QED) is 0.792.